The molecule has 1 atom stereocenters. The second-order valence-electron chi connectivity index (χ2n) is 11.0. The summed E-state index contributed by atoms with van der Waals surface area (Å²) in [7, 11) is 0. The van der Waals surface area contributed by atoms with Crippen LogP contribution in [0.25, 0.3) is 0 Å². The van der Waals surface area contributed by atoms with Gasteiger partial charge >= 0.3 is 0 Å². The van der Waals surface area contributed by atoms with Crippen molar-refractivity contribution in [2.45, 2.75) is 57.5 Å². The summed E-state index contributed by atoms with van der Waals surface area (Å²) in [4.78, 5) is 5.32. The second kappa shape index (κ2) is 12.1. The highest BCUT2D eigenvalue weighted by Gasteiger charge is 2.35. The van der Waals surface area contributed by atoms with Crippen molar-refractivity contribution in [3.05, 3.63) is 106 Å². The minimum absolute atomic E-state index is 0.352. The SMILES string of the molecule is Clc1ccc(CN2CCN(C3CCCC(Cc4ccccc4)(Cc4ccccc4)CC3)CC2)c(Cl)c1. The molecule has 0 aromatic heterocycles. The Morgan fingerprint density at radius 2 is 1.36 bits per heavy atom. The molecule has 1 saturated carbocycles. The average Bonchev–Trinajstić information content (AvgIpc) is 3.10. The molecule has 1 aliphatic carbocycles. The predicted octanol–water partition coefficient (Wildman–Crippen LogP) is 7.92. The fourth-order valence-electron chi connectivity index (χ4n) is 6.47. The average molecular weight is 522 g/mol. The minimum Gasteiger partial charge on any atom is -0.298 e. The van der Waals surface area contributed by atoms with Crippen LogP contribution in [0.5, 0.6) is 0 Å². The molecule has 3 aromatic carbocycles. The summed E-state index contributed by atoms with van der Waals surface area (Å²) in [5.74, 6) is 0. The second-order valence-corrected chi connectivity index (χ2v) is 11.8. The summed E-state index contributed by atoms with van der Waals surface area (Å²) in [5, 5.41) is 1.49. The molecule has 3 aromatic rings. The molecule has 1 aliphatic heterocycles. The van der Waals surface area contributed by atoms with Crippen molar-refractivity contribution in [1.82, 2.24) is 9.80 Å². The standard InChI is InChI=1S/C32H38Cl2N2/c33-29-14-13-28(31(34)22-29)25-35-18-20-36(21-19-35)30-12-7-16-32(17-15-30,23-26-8-3-1-4-9-26)24-27-10-5-2-6-11-27/h1-6,8-11,13-14,22,30H,7,12,15-21,23-25H2. The molecule has 2 aliphatic rings. The highest BCUT2D eigenvalue weighted by Crippen LogP contribution is 2.42. The van der Waals surface area contributed by atoms with Crippen molar-refractivity contribution in [3.8, 4) is 0 Å². The summed E-state index contributed by atoms with van der Waals surface area (Å²) in [5.41, 5.74) is 4.50. The Labute approximate surface area is 227 Å². The van der Waals surface area contributed by atoms with Crippen LogP contribution >= 0.6 is 23.2 Å². The Balaban J connectivity index is 1.21. The van der Waals surface area contributed by atoms with Gasteiger partial charge in [-0.3, -0.25) is 9.80 Å². The largest absolute Gasteiger partial charge is 0.298 e. The fraction of sp³-hybridized carbons (Fsp3) is 0.438. The van der Waals surface area contributed by atoms with E-state index in [0.29, 0.717) is 16.5 Å². The monoisotopic (exact) mass is 520 g/mol. The molecule has 1 saturated heterocycles. The van der Waals surface area contributed by atoms with Gasteiger partial charge in [-0.25, -0.2) is 0 Å². The number of benzene rings is 3. The van der Waals surface area contributed by atoms with Gasteiger partial charge in [0, 0.05) is 48.8 Å². The molecule has 5 rings (SSSR count). The zero-order valence-electron chi connectivity index (χ0n) is 21.2. The Hall–Kier alpha value is -1.84. The topological polar surface area (TPSA) is 6.48 Å². The van der Waals surface area contributed by atoms with E-state index < -0.39 is 0 Å². The Morgan fingerprint density at radius 3 is 1.97 bits per heavy atom. The van der Waals surface area contributed by atoms with Crippen LogP contribution in [0.3, 0.4) is 0 Å². The lowest BCUT2D eigenvalue weighted by atomic mass is 9.71. The number of hydrogen-bond donors (Lipinski definition) is 0. The lowest BCUT2D eigenvalue weighted by Crippen LogP contribution is -2.49. The number of nitrogens with zero attached hydrogens (tertiary/aromatic N) is 2. The van der Waals surface area contributed by atoms with Gasteiger partial charge in [0.25, 0.3) is 0 Å². The third-order valence-electron chi connectivity index (χ3n) is 8.43. The molecule has 0 spiro atoms. The van der Waals surface area contributed by atoms with E-state index in [0.717, 1.165) is 37.7 Å². The first-order valence-electron chi connectivity index (χ1n) is 13.6. The van der Waals surface area contributed by atoms with Crippen LogP contribution in [-0.2, 0) is 19.4 Å². The lowest BCUT2D eigenvalue weighted by molar-refractivity contribution is 0.0831. The number of rotatable bonds is 7. The Kier molecular flexibility index (Phi) is 8.70. The lowest BCUT2D eigenvalue weighted by Gasteiger charge is -2.40. The van der Waals surface area contributed by atoms with Crippen molar-refractivity contribution in [2.24, 2.45) is 5.41 Å². The predicted molar refractivity (Wildman–Crippen MR) is 153 cm³/mol. The third-order valence-corrected chi connectivity index (χ3v) is 9.02. The van der Waals surface area contributed by atoms with Crippen molar-refractivity contribution >= 4 is 23.2 Å². The van der Waals surface area contributed by atoms with Gasteiger partial charge in [0.15, 0.2) is 0 Å². The molecular weight excluding hydrogens is 483 g/mol. The van der Waals surface area contributed by atoms with Crippen LogP contribution in [0.15, 0.2) is 78.9 Å². The Morgan fingerprint density at radius 1 is 0.722 bits per heavy atom. The van der Waals surface area contributed by atoms with Gasteiger partial charge in [-0.05, 0) is 72.8 Å². The molecule has 190 valence electrons. The molecule has 0 amide bonds. The van der Waals surface area contributed by atoms with Crippen LogP contribution in [0.4, 0.5) is 0 Å². The van der Waals surface area contributed by atoms with E-state index in [9.17, 15) is 0 Å². The molecular formula is C32H38Cl2N2. The van der Waals surface area contributed by atoms with E-state index in [-0.39, 0.29) is 0 Å². The van der Waals surface area contributed by atoms with Crippen molar-refractivity contribution in [3.63, 3.8) is 0 Å². The highest BCUT2D eigenvalue weighted by atomic mass is 35.5. The summed E-state index contributed by atoms with van der Waals surface area (Å²) < 4.78 is 0. The summed E-state index contributed by atoms with van der Waals surface area (Å²) in [6, 6.07) is 28.9. The van der Waals surface area contributed by atoms with Crippen LogP contribution in [0, 0.1) is 5.41 Å². The van der Waals surface area contributed by atoms with Gasteiger partial charge in [-0.15, -0.1) is 0 Å². The number of piperazine rings is 1. The maximum absolute atomic E-state index is 6.44. The quantitative estimate of drug-likeness (QED) is 0.292. The van der Waals surface area contributed by atoms with E-state index in [1.807, 2.05) is 12.1 Å². The van der Waals surface area contributed by atoms with E-state index in [1.54, 1.807) is 0 Å². The molecule has 4 heteroatoms. The minimum atomic E-state index is 0.352. The maximum atomic E-state index is 6.44. The fourth-order valence-corrected chi connectivity index (χ4v) is 6.94. The molecule has 36 heavy (non-hydrogen) atoms. The van der Waals surface area contributed by atoms with Crippen LogP contribution in [-0.4, -0.2) is 42.0 Å². The highest BCUT2D eigenvalue weighted by molar-refractivity contribution is 6.35. The van der Waals surface area contributed by atoms with Gasteiger partial charge in [0.05, 0.1) is 0 Å². The zero-order valence-corrected chi connectivity index (χ0v) is 22.7. The first-order valence-corrected chi connectivity index (χ1v) is 14.3. The number of halogens is 2. The maximum Gasteiger partial charge on any atom is 0.0465 e. The Bertz CT molecular complexity index is 1050. The summed E-state index contributed by atoms with van der Waals surface area (Å²) >= 11 is 12.5. The molecule has 2 fully saturated rings. The van der Waals surface area contributed by atoms with Crippen LogP contribution in [0.1, 0.15) is 48.8 Å². The summed E-state index contributed by atoms with van der Waals surface area (Å²) in [6.07, 6.45) is 8.96. The first kappa shape index (κ1) is 25.8. The first-order chi connectivity index (χ1) is 17.6. The summed E-state index contributed by atoms with van der Waals surface area (Å²) in [6.45, 7) is 5.43. The van der Waals surface area contributed by atoms with Crippen molar-refractivity contribution in [2.75, 3.05) is 26.2 Å². The molecule has 0 radical (unpaired) electrons. The van der Waals surface area contributed by atoms with Crippen LogP contribution < -0.4 is 0 Å². The van der Waals surface area contributed by atoms with Crippen molar-refractivity contribution in [1.29, 1.82) is 0 Å². The number of hydrogen-bond acceptors (Lipinski definition) is 2. The van der Waals surface area contributed by atoms with Crippen LogP contribution in [0.2, 0.25) is 10.0 Å². The van der Waals surface area contributed by atoms with E-state index in [2.05, 4.69) is 76.5 Å². The van der Waals surface area contributed by atoms with E-state index in [4.69, 9.17) is 23.2 Å². The van der Waals surface area contributed by atoms with Crippen molar-refractivity contribution < 1.29 is 0 Å². The van der Waals surface area contributed by atoms with E-state index >= 15 is 0 Å². The third kappa shape index (κ3) is 6.72. The van der Waals surface area contributed by atoms with Gasteiger partial charge in [-0.1, -0.05) is 96.4 Å². The smallest absolute Gasteiger partial charge is 0.0465 e. The van der Waals surface area contributed by atoms with E-state index in [1.165, 1.54) is 61.6 Å². The van der Waals surface area contributed by atoms with Gasteiger partial charge in [0.2, 0.25) is 0 Å². The zero-order chi connectivity index (χ0) is 24.8. The van der Waals surface area contributed by atoms with Gasteiger partial charge in [0.1, 0.15) is 0 Å². The molecule has 2 nitrogen and oxygen atoms in total. The molecule has 1 heterocycles. The van der Waals surface area contributed by atoms with Gasteiger partial charge in [-0.2, -0.15) is 0 Å². The normalized spacial score (nSPS) is 21.2. The molecule has 0 N–H and O–H groups in total. The molecule has 1 unspecified atom stereocenters. The van der Waals surface area contributed by atoms with Gasteiger partial charge < -0.3 is 0 Å². The molecule has 0 bridgehead atoms.